The molecule has 4 aliphatic rings. The minimum atomic E-state index is -0.713. The third-order valence-electron chi connectivity index (χ3n) is 5.97. The number of hydrogen-bond acceptors (Lipinski definition) is 3. The van der Waals surface area contributed by atoms with Crippen LogP contribution < -0.4 is 16.0 Å². The van der Waals surface area contributed by atoms with Crippen LogP contribution in [0.5, 0.6) is 0 Å². The molecule has 0 aromatic heterocycles. The largest absolute Gasteiger partial charge is 0.360 e. The molecule has 0 aromatic carbocycles. The molecule has 22 heavy (non-hydrogen) atoms. The summed E-state index contributed by atoms with van der Waals surface area (Å²) in [6, 6.07) is 0.165. The number of hydrogen-bond donors (Lipinski definition) is 3. The molecule has 3 atom stereocenters. The quantitative estimate of drug-likeness (QED) is 0.490. The fourth-order valence-electron chi connectivity index (χ4n) is 4.64. The highest BCUT2D eigenvalue weighted by atomic mass is 32.1. The Morgan fingerprint density at radius 2 is 2.00 bits per heavy atom. The number of piperidine rings is 1. The monoisotopic (exact) mass is 322 g/mol. The normalized spacial score (nSPS) is 35.6. The maximum absolute atomic E-state index is 11.9. The predicted octanol–water partition coefficient (Wildman–Crippen LogP) is 0.723. The lowest BCUT2D eigenvalue weighted by atomic mass is 9.88. The Balaban J connectivity index is 1.33. The van der Waals surface area contributed by atoms with Gasteiger partial charge in [0, 0.05) is 19.1 Å². The summed E-state index contributed by atoms with van der Waals surface area (Å²) in [5, 5.41) is 9.49. The third-order valence-corrected chi connectivity index (χ3v) is 6.34. The summed E-state index contributed by atoms with van der Waals surface area (Å²) in [5.41, 5.74) is -0.713. The maximum atomic E-state index is 11.9. The number of thiocarbonyl (C=S) groups is 1. The molecule has 0 radical (unpaired) electrons. The summed E-state index contributed by atoms with van der Waals surface area (Å²) >= 11 is 5.57. The second-order valence-electron chi connectivity index (χ2n) is 7.21. The van der Waals surface area contributed by atoms with E-state index in [0.717, 1.165) is 16.9 Å². The number of urea groups is 1. The molecule has 120 valence electrons. The van der Waals surface area contributed by atoms with Crippen LogP contribution in [0.15, 0.2) is 0 Å². The van der Waals surface area contributed by atoms with Crippen LogP contribution in [0.2, 0.25) is 0 Å². The van der Waals surface area contributed by atoms with E-state index in [1.807, 2.05) is 0 Å². The van der Waals surface area contributed by atoms with Crippen LogP contribution in [0.1, 0.15) is 38.5 Å². The average molecular weight is 322 g/mol. The second kappa shape index (κ2) is 5.08. The lowest BCUT2D eigenvalue weighted by molar-refractivity contribution is -0.125. The second-order valence-corrected chi connectivity index (χ2v) is 7.59. The highest BCUT2D eigenvalue weighted by molar-refractivity contribution is 7.80. The van der Waals surface area contributed by atoms with Crippen molar-refractivity contribution in [3.63, 3.8) is 0 Å². The average Bonchev–Trinajstić information content (AvgIpc) is 3.16. The summed E-state index contributed by atoms with van der Waals surface area (Å²) in [6.07, 6.45) is 6.56. The first kappa shape index (κ1) is 14.2. The van der Waals surface area contributed by atoms with Gasteiger partial charge in [0.25, 0.3) is 5.91 Å². The number of fused-ring (bicyclic) bond motifs is 2. The van der Waals surface area contributed by atoms with Crippen molar-refractivity contribution >= 4 is 29.3 Å². The molecule has 0 unspecified atom stereocenters. The van der Waals surface area contributed by atoms with E-state index in [2.05, 4.69) is 20.9 Å². The number of carbonyl (C=O) groups is 2. The van der Waals surface area contributed by atoms with E-state index in [4.69, 9.17) is 12.2 Å². The molecular formula is C15H22N4O2S. The first-order chi connectivity index (χ1) is 10.6. The Hall–Kier alpha value is -1.37. The molecule has 4 fully saturated rings. The standard InChI is InChI=1S/C15H22N4O2S/c20-12-15(18-13(21)17-12)3-5-19(6-4-15)14(22)16-11-8-9-1-2-10(11)7-9/h9-11H,1-8H2,(H,16,22)(H2,17,18,20,21)/t9-,10-,11+/m0/s1. The zero-order valence-electron chi connectivity index (χ0n) is 12.6. The van der Waals surface area contributed by atoms with Gasteiger partial charge in [0.2, 0.25) is 0 Å². The van der Waals surface area contributed by atoms with Crippen LogP contribution in [0, 0.1) is 11.8 Å². The molecule has 3 N–H and O–H groups in total. The number of amides is 3. The van der Waals surface area contributed by atoms with Crippen molar-refractivity contribution in [2.45, 2.75) is 50.1 Å². The lowest BCUT2D eigenvalue weighted by Crippen LogP contribution is -2.58. The first-order valence-corrected chi connectivity index (χ1v) is 8.66. The van der Waals surface area contributed by atoms with Gasteiger partial charge in [0.1, 0.15) is 5.54 Å². The van der Waals surface area contributed by atoms with Gasteiger partial charge in [-0.1, -0.05) is 6.42 Å². The van der Waals surface area contributed by atoms with Crippen molar-refractivity contribution in [3.05, 3.63) is 0 Å². The fourth-order valence-corrected chi connectivity index (χ4v) is 4.98. The molecule has 2 saturated heterocycles. The lowest BCUT2D eigenvalue weighted by Gasteiger charge is -2.39. The van der Waals surface area contributed by atoms with Gasteiger partial charge in [-0.2, -0.15) is 0 Å². The molecular weight excluding hydrogens is 300 g/mol. The van der Waals surface area contributed by atoms with Gasteiger partial charge in [-0.25, -0.2) is 4.79 Å². The first-order valence-electron chi connectivity index (χ1n) is 8.25. The number of nitrogens with one attached hydrogen (secondary N) is 3. The molecule has 2 bridgehead atoms. The van der Waals surface area contributed by atoms with Gasteiger partial charge in [0.05, 0.1) is 0 Å². The van der Waals surface area contributed by atoms with Crippen LogP contribution in [0.25, 0.3) is 0 Å². The van der Waals surface area contributed by atoms with Gasteiger partial charge < -0.3 is 15.5 Å². The number of carbonyl (C=O) groups excluding carboxylic acids is 2. The topological polar surface area (TPSA) is 73.5 Å². The van der Waals surface area contributed by atoms with Gasteiger partial charge in [-0.05, 0) is 56.2 Å². The molecule has 6 nitrogen and oxygen atoms in total. The summed E-state index contributed by atoms with van der Waals surface area (Å²) < 4.78 is 0. The molecule has 4 rings (SSSR count). The number of nitrogens with zero attached hydrogens (tertiary/aromatic N) is 1. The Morgan fingerprint density at radius 3 is 2.55 bits per heavy atom. The summed E-state index contributed by atoms with van der Waals surface area (Å²) in [7, 11) is 0. The molecule has 2 aliphatic carbocycles. The Kier molecular flexibility index (Phi) is 3.29. The van der Waals surface area contributed by atoms with Gasteiger partial charge in [-0.3, -0.25) is 10.1 Å². The Bertz CT molecular complexity index is 530. The summed E-state index contributed by atoms with van der Waals surface area (Å²) in [5.74, 6) is 1.50. The highest BCUT2D eigenvalue weighted by Gasteiger charge is 2.48. The third kappa shape index (κ3) is 2.26. The summed E-state index contributed by atoms with van der Waals surface area (Å²) in [4.78, 5) is 25.4. The van der Waals surface area contributed by atoms with E-state index in [-0.39, 0.29) is 11.9 Å². The SMILES string of the molecule is O=C1NC(=O)C2(CCN(C(=S)N[C@@H]3C[C@H]4CC[C@H]3C4)CC2)N1. The number of rotatable bonds is 1. The minimum Gasteiger partial charge on any atom is -0.360 e. The van der Waals surface area contributed by atoms with Crippen molar-refractivity contribution in [1.29, 1.82) is 0 Å². The van der Waals surface area contributed by atoms with E-state index < -0.39 is 5.54 Å². The Labute approximate surface area is 135 Å². The van der Waals surface area contributed by atoms with E-state index in [0.29, 0.717) is 32.0 Å². The van der Waals surface area contributed by atoms with E-state index in [1.54, 1.807) is 0 Å². The molecule has 2 heterocycles. The van der Waals surface area contributed by atoms with Crippen molar-refractivity contribution < 1.29 is 9.59 Å². The smallest absolute Gasteiger partial charge is 0.322 e. The fraction of sp³-hybridized carbons (Fsp3) is 0.800. The molecule has 7 heteroatoms. The zero-order valence-corrected chi connectivity index (χ0v) is 13.4. The van der Waals surface area contributed by atoms with Crippen molar-refractivity contribution in [3.8, 4) is 0 Å². The van der Waals surface area contributed by atoms with Crippen LogP contribution >= 0.6 is 12.2 Å². The minimum absolute atomic E-state index is 0.191. The van der Waals surface area contributed by atoms with E-state index in [9.17, 15) is 9.59 Å². The molecule has 1 spiro atoms. The van der Waals surface area contributed by atoms with Crippen molar-refractivity contribution in [2.24, 2.45) is 11.8 Å². The van der Waals surface area contributed by atoms with E-state index in [1.165, 1.54) is 25.7 Å². The van der Waals surface area contributed by atoms with Crippen LogP contribution in [-0.4, -0.2) is 46.6 Å². The van der Waals surface area contributed by atoms with Crippen LogP contribution in [0.3, 0.4) is 0 Å². The van der Waals surface area contributed by atoms with Gasteiger partial charge in [0.15, 0.2) is 5.11 Å². The van der Waals surface area contributed by atoms with Crippen molar-refractivity contribution in [1.82, 2.24) is 20.9 Å². The zero-order chi connectivity index (χ0) is 15.3. The summed E-state index contributed by atoms with van der Waals surface area (Å²) in [6.45, 7) is 1.42. The van der Waals surface area contributed by atoms with Gasteiger partial charge >= 0.3 is 6.03 Å². The molecule has 0 aromatic rings. The van der Waals surface area contributed by atoms with Crippen LogP contribution in [0.4, 0.5) is 4.79 Å². The predicted molar refractivity (Wildman–Crippen MR) is 85.2 cm³/mol. The molecule has 2 aliphatic heterocycles. The van der Waals surface area contributed by atoms with Gasteiger partial charge in [-0.15, -0.1) is 0 Å². The maximum Gasteiger partial charge on any atom is 0.322 e. The van der Waals surface area contributed by atoms with Crippen molar-refractivity contribution in [2.75, 3.05) is 13.1 Å². The highest BCUT2D eigenvalue weighted by Crippen LogP contribution is 2.44. The molecule has 2 saturated carbocycles. The van der Waals surface area contributed by atoms with E-state index >= 15 is 0 Å². The van der Waals surface area contributed by atoms with Crippen LogP contribution in [-0.2, 0) is 4.79 Å². The molecule has 3 amide bonds. The number of imide groups is 1. The Morgan fingerprint density at radius 1 is 1.23 bits per heavy atom. The number of likely N-dealkylation sites (tertiary alicyclic amines) is 1.